The second-order valence-corrected chi connectivity index (χ2v) is 5.96. The van der Waals surface area contributed by atoms with Gasteiger partial charge in [-0.25, -0.2) is 4.68 Å². The maximum Gasteiger partial charge on any atom is 0.273 e. The number of halogens is 1. The van der Waals surface area contributed by atoms with Crippen molar-refractivity contribution < 1.29 is 9.72 Å². The molecular formula is C16H23ClN6O3. The Bertz CT molecular complexity index is 788. The maximum absolute atomic E-state index is 12.4. The summed E-state index contributed by atoms with van der Waals surface area (Å²) in [6, 6.07) is 5.98. The van der Waals surface area contributed by atoms with E-state index in [1.165, 1.54) is 16.8 Å². The molecule has 0 unspecified atom stereocenters. The van der Waals surface area contributed by atoms with Gasteiger partial charge in [0.25, 0.3) is 11.6 Å². The summed E-state index contributed by atoms with van der Waals surface area (Å²) in [6.45, 7) is 5.96. The zero-order valence-electron chi connectivity index (χ0n) is 14.9. The Labute approximate surface area is 157 Å². The van der Waals surface area contributed by atoms with Gasteiger partial charge in [0.1, 0.15) is 0 Å². The number of amides is 1. The highest BCUT2D eigenvalue weighted by molar-refractivity contribution is 5.93. The molecular weight excluding hydrogens is 360 g/mol. The molecule has 0 saturated heterocycles. The molecule has 1 aromatic carbocycles. The van der Waals surface area contributed by atoms with Gasteiger partial charge in [-0.05, 0) is 25.8 Å². The molecule has 0 aliphatic carbocycles. The minimum Gasteiger partial charge on any atom is -0.349 e. The molecule has 0 radical (unpaired) electrons. The van der Waals surface area contributed by atoms with Crippen LogP contribution in [0.5, 0.6) is 0 Å². The van der Waals surface area contributed by atoms with Gasteiger partial charge in [0.2, 0.25) is 0 Å². The van der Waals surface area contributed by atoms with Crippen LogP contribution < -0.4 is 11.1 Å². The van der Waals surface area contributed by atoms with Gasteiger partial charge >= 0.3 is 0 Å². The molecule has 2 aromatic rings. The standard InChI is InChI=1S/C16H22N6O3.ClH/c1-4-16(17,5-2)10-18-15(23)14-11(3)21(20-19-14)12-7-6-8-13(9-12)22(24)25;/h6-9H,4-5,10,17H2,1-3H3,(H,18,23);1H. The summed E-state index contributed by atoms with van der Waals surface area (Å²) in [7, 11) is 0. The first-order valence-electron chi connectivity index (χ1n) is 8.05. The lowest BCUT2D eigenvalue weighted by atomic mass is 9.94. The number of non-ortho nitro benzene ring substituents is 1. The average molecular weight is 383 g/mol. The summed E-state index contributed by atoms with van der Waals surface area (Å²) >= 11 is 0. The van der Waals surface area contributed by atoms with Crippen LogP contribution >= 0.6 is 12.4 Å². The molecule has 0 atom stereocenters. The lowest BCUT2D eigenvalue weighted by Crippen LogP contribution is -2.49. The van der Waals surface area contributed by atoms with E-state index < -0.39 is 10.5 Å². The van der Waals surface area contributed by atoms with Crippen molar-refractivity contribution in [3.8, 4) is 5.69 Å². The van der Waals surface area contributed by atoms with E-state index in [1.54, 1.807) is 19.1 Å². The molecule has 2 rings (SSSR count). The highest BCUT2D eigenvalue weighted by Gasteiger charge is 2.24. The Morgan fingerprint density at radius 2 is 2.04 bits per heavy atom. The summed E-state index contributed by atoms with van der Waals surface area (Å²) in [5.74, 6) is -0.370. The van der Waals surface area contributed by atoms with Crippen LogP contribution in [0.15, 0.2) is 24.3 Å². The predicted octanol–water partition coefficient (Wildman–Crippen LogP) is 2.15. The van der Waals surface area contributed by atoms with E-state index in [9.17, 15) is 14.9 Å². The van der Waals surface area contributed by atoms with Crippen LogP contribution in [-0.4, -0.2) is 37.9 Å². The fourth-order valence-corrected chi connectivity index (χ4v) is 2.36. The SMILES string of the molecule is CCC(N)(CC)CNC(=O)c1nnn(-c2cccc([N+](=O)[O-])c2)c1C.Cl. The Morgan fingerprint density at radius 3 is 2.62 bits per heavy atom. The Morgan fingerprint density at radius 1 is 1.38 bits per heavy atom. The van der Waals surface area contributed by atoms with Crippen molar-refractivity contribution in [1.29, 1.82) is 0 Å². The summed E-state index contributed by atoms with van der Waals surface area (Å²) in [6.07, 6.45) is 1.48. The molecule has 0 bridgehead atoms. The Kier molecular flexibility index (Phi) is 7.22. The van der Waals surface area contributed by atoms with Crippen molar-refractivity contribution in [2.75, 3.05) is 6.54 Å². The number of benzene rings is 1. The first-order chi connectivity index (χ1) is 11.8. The monoisotopic (exact) mass is 382 g/mol. The molecule has 0 saturated carbocycles. The van der Waals surface area contributed by atoms with E-state index in [0.717, 1.165) is 12.8 Å². The van der Waals surface area contributed by atoms with Crippen LogP contribution in [0.25, 0.3) is 5.69 Å². The maximum atomic E-state index is 12.4. The quantitative estimate of drug-likeness (QED) is 0.557. The van der Waals surface area contributed by atoms with Crippen LogP contribution in [-0.2, 0) is 0 Å². The minimum atomic E-state index is -0.486. The molecule has 0 fully saturated rings. The fourth-order valence-electron chi connectivity index (χ4n) is 2.36. The van der Waals surface area contributed by atoms with Crippen LogP contribution in [0.2, 0.25) is 0 Å². The summed E-state index contributed by atoms with van der Waals surface area (Å²) in [4.78, 5) is 22.8. The number of carbonyl (C=O) groups excluding carboxylic acids is 1. The number of nitrogens with one attached hydrogen (secondary N) is 1. The highest BCUT2D eigenvalue weighted by atomic mass is 35.5. The van der Waals surface area contributed by atoms with Crippen molar-refractivity contribution >= 4 is 24.0 Å². The van der Waals surface area contributed by atoms with Crippen LogP contribution in [0.4, 0.5) is 5.69 Å². The molecule has 142 valence electrons. The number of hydrogen-bond donors (Lipinski definition) is 2. The van der Waals surface area contributed by atoms with Gasteiger partial charge in [0.15, 0.2) is 5.69 Å². The van der Waals surface area contributed by atoms with Gasteiger partial charge in [-0.2, -0.15) is 0 Å². The Balaban J connectivity index is 0.00000338. The molecule has 0 aliphatic heterocycles. The van der Waals surface area contributed by atoms with E-state index in [1.807, 2.05) is 13.8 Å². The normalized spacial score (nSPS) is 10.9. The van der Waals surface area contributed by atoms with Crippen LogP contribution in [0, 0.1) is 17.0 Å². The zero-order valence-corrected chi connectivity index (χ0v) is 15.7. The number of rotatable bonds is 7. The van der Waals surface area contributed by atoms with E-state index >= 15 is 0 Å². The van der Waals surface area contributed by atoms with E-state index in [2.05, 4.69) is 15.6 Å². The zero-order chi connectivity index (χ0) is 18.6. The summed E-state index contributed by atoms with van der Waals surface area (Å²) < 4.78 is 1.40. The molecule has 1 aromatic heterocycles. The topological polar surface area (TPSA) is 129 Å². The molecule has 1 heterocycles. The van der Waals surface area contributed by atoms with Crippen LogP contribution in [0.3, 0.4) is 0 Å². The molecule has 0 aliphatic rings. The van der Waals surface area contributed by atoms with E-state index in [-0.39, 0.29) is 29.7 Å². The third-order valence-corrected chi connectivity index (χ3v) is 4.40. The highest BCUT2D eigenvalue weighted by Crippen LogP contribution is 2.18. The molecule has 0 spiro atoms. The summed E-state index contributed by atoms with van der Waals surface area (Å²) in [5.41, 5.74) is 6.79. The first-order valence-corrected chi connectivity index (χ1v) is 8.05. The number of hydrogen-bond acceptors (Lipinski definition) is 6. The van der Waals surface area contributed by atoms with Gasteiger partial charge in [0.05, 0.1) is 16.3 Å². The van der Waals surface area contributed by atoms with E-state index in [0.29, 0.717) is 17.9 Å². The number of nitro groups is 1. The number of nitro benzene ring substituents is 1. The largest absolute Gasteiger partial charge is 0.349 e. The van der Waals surface area contributed by atoms with Gasteiger partial charge in [-0.15, -0.1) is 17.5 Å². The Hall–Kier alpha value is -2.52. The van der Waals surface area contributed by atoms with Crippen molar-refractivity contribution in [2.24, 2.45) is 5.73 Å². The number of nitrogens with zero attached hydrogens (tertiary/aromatic N) is 4. The second kappa shape index (κ2) is 8.72. The van der Waals surface area contributed by atoms with Gasteiger partial charge < -0.3 is 11.1 Å². The molecule has 3 N–H and O–H groups in total. The molecule has 9 nitrogen and oxygen atoms in total. The third kappa shape index (κ3) is 4.55. The lowest BCUT2D eigenvalue weighted by molar-refractivity contribution is -0.384. The minimum absolute atomic E-state index is 0. The van der Waals surface area contributed by atoms with Crippen LogP contribution in [0.1, 0.15) is 42.9 Å². The fraction of sp³-hybridized carbons (Fsp3) is 0.438. The van der Waals surface area contributed by atoms with Crippen molar-refractivity contribution in [3.05, 3.63) is 45.8 Å². The van der Waals surface area contributed by atoms with Crippen molar-refractivity contribution in [2.45, 2.75) is 39.2 Å². The van der Waals surface area contributed by atoms with Gasteiger partial charge in [-0.1, -0.05) is 25.1 Å². The lowest BCUT2D eigenvalue weighted by Gasteiger charge is -2.26. The number of carbonyl (C=O) groups is 1. The summed E-state index contributed by atoms with van der Waals surface area (Å²) in [5, 5.41) is 21.5. The average Bonchev–Trinajstić information content (AvgIpc) is 3.01. The smallest absolute Gasteiger partial charge is 0.273 e. The first kappa shape index (κ1) is 21.5. The predicted molar refractivity (Wildman–Crippen MR) is 99.8 cm³/mol. The molecule has 1 amide bonds. The van der Waals surface area contributed by atoms with Crippen molar-refractivity contribution in [3.63, 3.8) is 0 Å². The number of aromatic nitrogens is 3. The van der Waals surface area contributed by atoms with E-state index in [4.69, 9.17) is 5.73 Å². The molecule has 10 heteroatoms. The van der Waals surface area contributed by atoms with Gasteiger partial charge in [-0.3, -0.25) is 14.9 Å². The van der Waals surface area contributed by atoms with Gasteiger partial charge in [0, 0.05) is 24.2 Å². The number of nitrogens with two attached hydrogens (primary N) is 1. The van der Waals surface area contributed by atoms with Crippen molar-refractivity contribution in [1.82, 2.24) is 20.3 Å². The second-order valence-electron chi connectivity index (χ2n) is 5.96. The third-order valence-electron chi connectivity index (χ3n) is 4.40. The molecule has 26 heavy (non-hydrogen) atoms.